The Hall–Kier alpha value is -0.830. The van der Waals surface area contributed by atoms with Crippen LogP contribution >= 0.6 is 0 Å². The minimum Gasteiger partial charge on any atom is -0.465 e. The number of hydrogen-bond donors (Lipinski definition) is 1. The average molecular weight is 513 g/mol. The van der Waals surface area contributed by atoms with Crippen molar-refractivity contribution >= 4 is 5.97 Å². The summed E-state index contributed by atoms with van der Waals surface area (Å²) in [5.74, 6) is 2.79. The number of carbonyl (C=O) groups excluding carboxylic acids is 1. The fourth-order valence-electron chi connectivity index (χ4n) is 11.9. The Bertz CT molecular complexity index is 922. The summed E-state index contributed by atoms with van der Waals surface area (Å²) in [7, 11) is 0. The fourth-order valence-corrected chi connectivity index (χ4v) is 11.9. The van der Waals surface area contributed by atoms with E-state index in [1.54, 1.807) is 0 Å². The van der Waals surface area contributed by atoms with E-state index in [1.165, 1.54) is 31.3 Å². The SMILES string of the molecule is C=C(C)[C@@H]1CC[C@]2(C(=O)OCCCC)CC[C@]3(C)C(CCC4[C@@]5(C)CC[C@H](O)C(C)(C)C5CC[C@]43C)C12. The number of fused-ring (bicyclic) bond motifs is 7. The maximum Gasteiger partial charge on any atom is 0.312 e. The Morgan fingerprint density at radius 2 is 1.62 bits per heavy atom. The van der Waals surface area contributed by atoms with Gasteiger partial charge < -0.3 is 9.84 Å². The first-order chi connectivity index (χ1) is 17.3. The molecule has 5 rings (SSSR count). The first-order valence-electron chi connectivity index (χ1n) is 15.8. The summed E-state index contributed by atoms with van der Waals surface area (Å²) in [6.45, 7) is 22.0. The molecule has 0 aromatic rings. The zero-order valence-electron chi connectivity index (χ0n) is 25.1. The number of aliphatic hydroxyl groups is 1. The molecule has 0 aromatic carbocycles. The van der Waals surface area contributed by atoms with Gasteiger partial charge in [0.05, 0.1) is 18.1 Å². The van der Waals surface area contributed by atoms with E-state index < -0.39 is 0 Å². The van der Waals surface area contributed by atoms with Crippen LogP contribution in [0, 0.1) is 56.7 Å². The number of unbranched alkanes of at least 4 members (excludes halogenated alkanes) is 1. The molecule has 210 valence electrons. The van der Waals surface area contributed by atoms with Crippen molar-refractivity contribution < 1.29 is 14.6 Å². The molecule has 5 aliphatic carbocycles. The number of esters is 1. The predicted octanol–water partition coefficient (Wildman–Crippen LogP) is 8.35. The highest BCUT2D eigenvalue weighted by molar-refractivity contribution is 5.78. The number of ether oxygens (including phenoxy) is 1. The van der Waals surface area contributed by atoms with Crippen LogP contribution in [0.5, 0.6) is 0 Å². The van der Waals surface area contributed by atoms with Gasteiger partial charge in [-0.2, -0.15) is 0 Å². The molecule has 1 N–H and O–H groups in total. The van der Waals surface area contributed by atoms with Gasteiger partial charge in [0.25, 0.3) is 0 Å². The lowest BCUT2D eigenvalue weighted by molar-refractivity contribution is -0.248. The lowest BCUT2D eigenvalue weighted by atomic mass is 9.32. The normalized spacial score (nSPS) is 50.3. The molecule has 0 heterocycles. The Labute approximate surface area is 227 Å². The molecule has 0 spiro atoms. The Morgan fingerprint density at radius 3 is 2.30 bits per heavy atom. The first kappa shape index (κ1) is 27.7. The Kier molecular flexibility index (Phi) is 6.82. The molecule has 0 bridgehead atoms. The van der Waals surface area contributed by atoms with Gasteiger partial charge in [0.15, 0.2) is 0 Å². The molecular weight excluding hydrogens is 456 g/mol. The van der Waals surface area contributed by atoms with Crippen molar-refractivity contribution in [1.29, 1.82) is 0 Å². The molecule has 5 saturated carbocycles. The summed E-state index contributed by atoms with van der Waals surface area (Å²) in [6.07, 6.45) is 13.2. The second kappa shape index (κ2) is 9.10. The van der Waals surface area contributed by atoms with Crippen molar-refractivity contribution in [3.05, 3.63) is 12.2 Å². The predicted molar refractivity (Wildman–Crippen MR) is 151 cm³/mol. The smallest absolute Gasteiger partial charge is 0.312 e. The minimum atomic E-state index is -0.303. The molecule has 0 radical (unpaired) electrons. The molecule has 5 aliphatic rings. The van der Waals surface area contributed by atoms with Gasteiger partial charge in [-0.05, 0) is 129 Å². The maximum absolute atomic E-state index is 13.9. The highest BCUT2D eigenvalue weighted by Gasteiger charge is 2.72. The van der Waals surface area contributed by atoms with E-state index in [4.69, 9.17) is 4.74 Å². The van der Waals surface area contributed by atoms with Crippen molar-refractivity contribution in [2.45, 2.75) is 132 Å². The van der Waals surface area contributed by atoms with Crippen LogP contribution in [0.1, 0.15) is 126 Å². The summed E-state index contributed by atoms with van der Waals surface area (Å²) in [4.78, 5) is 13.9. The highest BCUT2D eigenvalue weighted by Crippen LogP contribution is 2.77. The summed E-state index contributed by atoms with van der Waals surface area (Å²) < 4.78 is 6.03. The van der Waals surface area contributed by atoms with Gasteiger partial charge in [0.2, 0.25) is 0 Å². The quantitative estimate of drug-likeness (QED) is 0.229. The zero-order chi connectivity index (χ0) is 27.0. The molecule has 0 saturated heterocycles. The average Bonchev–Trinajstić information content (AvgIpc) is 3.24. The van der Waals surface area contributed by atoms with Crippen LogP contribution in [0.2, 0.25) is 0 Å². The number of aliphatic hydroxyl groups excluding tert-OH is 1. The van der Waals surface area contributed by atoms with Gasteiger partial charge in [0, 0.05) is 0 Å². The molecule has 0 aliphatic heterocycles. The highest BCUT2D eigenvalue weighted by atomic mass is 16.5. The van der Waals surface area contributed by atoms with Gasteiger partial charge in [-0.25, -0.2) is 0 Å². The van der Waals surface area contributed by atoms with Crippen molar-refractivity contribution in [3.8, 4) is 0 Å². The van der Waals surface area contributed by atoms with E-state index in [9.17, 15) is 9.90 Å². The summed E-state index contributed by atoms with van der Waals surface area (Å²) in [5.41, 5.74) is 1.78. The van der Waals surface area contributed by atoms with Crippen LogP contribution < -0.4 is 0 Å². The third-order valence-electron chi connectivity index (χ3n) is 14.2. The fraction of sp³-hybridized carbons (Fsp3) is 0.912. The van der Waals surface area contributed by atoms with Crippen LogP contribution in [0.25, 0.3) is 0 Å². The van der Waals surface area contributed by atoms with Gasteiger partial charge in [-0.3, -0.25) is 4.79 Å². The van der Waals surface area contributed by atoms with E-state index in [2.05, 4.69) is 55.0 Å². The van der Waals surface area contributed by atoms with Crippen molar-refractivity contribution in [1.82, 2.24) is 0 Å². The first-order valence-corrected chi connectivity index (χ1v) is 15.8. The van der Waals surface area contributed by atoms with Gasteiger partial charge in [-0.15, -0.1) is 0 Å². The number of allylic oxidation sites excluding steroid dienone is 1. The Morgan fingerprint density at radius 1 is 0.892 bits per heavy atom. The molecule has 10 atom stereocenters. The summed E-state index contributed by atoms with van der Waals surface area (Å²) >= 11 is 0. The monoisotopic (exact) mass is 512 g/mol. The number of rotatable bonds is 5. The molecule has 0 aromatic heterocycles. The second-order valence-corrected chi connectivity index (χ2v) is 15.7. The molecular formula is C34H56O3. The van der Waals surface area contributed by atoms with Crippen LogP contribution in [-0.4, -0.2) is 23.8 Å². The summed E-state index contributed by atoms with van der Waals surface area (Å²) in [6, 6.07) is 0. The maximum atomic E-state index is 13.9. The molecule has 4 unspecified atom stereocenters. The molecule has 5 fully saturated rings. The van der Waals surface area contributed by atoms with Gasteiger partial charge in [0.1, 0.15) is 0 Å². The van der Waals surface area contributed by atoms with E-state index in [1.807, 2.05) is 0 Å². The largest absolute Gasteiger partial charge is 0.465 e. The van der Waals surface area contributed by atoms with Crippen LogP contribution in [0.15, 0.2) is 12.2 Å². The number of hydrogen-bond acceptors (Lipinski definition) is 3. The lowest BCUT2D eigenvalue weighted by Crippen LogP contribution is -2.67. The van der Waals surface area contributed by atoms with Crippen LogP contribution in [0.3, 0.4) is 0 Å². The second-order valence-electron chi connectivity index (χ2n) is 15.7. The standard InChI is InChI=1S/C34H56O3/c1-9-10-21-37-29(36)34-18-13-23(22(2)3)28(34)24-11-12-26-31(6)16-15-27(35)30(4,5)25(31)14-17-33(26,8)32(24,7)19-20-34/h23-28,35H,2,9-21H2,1,3-8H3/t23-,24?,25?,26?,27-,28?,31-,32+,33+,34-/m0/s1. The zero-order valence-corrected chi connectivity index (χ0v) is 25.1. The topological polar surface area (TPSA) is 46.5 Å². The molecule has 37 heavy (non-hydrogen) atoms. The van der Waals surface area contributed by atoms with E-state index >= 15 is 0 Å². The lowest BCUT2D eigenvalue weighted by Gasteiger charge is -2.72. The minimum absolute atomic E-state index is 0.00739. The summed E-state index contributed by atoms with van der Waals surface area (Å²) in [5, 5.41) is 11.0. The van der Waals surface area contributed by atoms with Gasteiger partial charge >= 0.3 is 5.97 Å². The molecule has 0 amide bonds. The van der Waals surface area contributed by atoms with E-state index in [-0.39, 0.29) is 33.7 Å². The third-order valence-corrected chi connectivity index (χ3v) is 14.2. The van der Waals surface area contributed by atoms with Gasteiger partial charge in [-0.1, -0.05) is 60.1 Å². The van der Waals surface area contributed by atoms with Crippen LogP contribution in [0.4, 0.5) is 0 Å². The molecule has 3 nitrogen and oxygen atoms in total. The van der Waals surface area contributed by atoms with Crippen molar-refractivity contribution in [2.24, 2.45) is 56.7 Å². The van der Waals surface area contributed by atoms with Crippen LogP contribution in [-0.2, 0) is 9.53 Å². The van der Waals surface area contributed by atoms with Crippen molar-refractivity contribution in [2.75, 3.05) is 6.61 Å². The van der Waals surface area contributed by atoms with E-state index in [0.717, 1.165) is 51.4 Å². The molecule has 3 heteroatoms. The van der Waals surface area contributed by atoms with Crippen molar-refractivity contribution in [3.63, 3.8) is 0 Å². The number of carbonyl (C=O) groups is 1. The Balaban J connectivity index is 1.51. The van der Waals surface area contributed by atoms with E-state index in [0.29, 0.717) is 41.6 Å². The third kappa shape index (κ3) is 3.64.